The average Bonchev–Trinajstić information content (AvgIpc) is 2.51. The van der Waals surface area contributed by atoms with E-state index in [1.54, 1.807) is 30.6 Å². The highest BCUT2D eigenvalue weighted by molar-refractivity contribution is 5.82. The second-order valence-electron chi connectivity index (χ2n) is 6.69. The van der Waals surface area contributed by atoms with Crippen LogP contribution in [0.15, 0.2) is 0 Å². The van der Waals surface area contributed by atoms with Gasteiger partial charge in [-0.2, -0.15) is 0 Å². The Bertz CT molecular complexity index is 439. The van der Waals surface area contributed by atoms with E-state index in [4.69, 9.17) is 9.47 Å². The van der Waals surface area contributed by atoms with Crippen LogP contribution in [0.5, 0.6) is 0 Å². The summed E-state index contributed by atoms with van der Waals surface area (Å²) in [6.07, 6.45) is 0.872. The zero-order valence-electron chi connectivity index (χ0n) is 15.1. The van der Waals surface area contributed by atoms with Gasteiger partial charge in [0.05, 0.1) is 6.61 Å². The van der Waals surface area contributed by atoms with Crippen LogP contribution in [0.3, 0.4) is 0 Å². The fourth-order valence-electron chi connectivity index (χ4n) is 2.11. The molecule has 0 aromatic heterocycles. The van der Waals surface area contributed by atoms with Crippen molar-refractivity contribution in [3.8, 4) is 0 Å². The highest BCUT2D eigenvalue weighted by Gasteiger charge is 2.25. The van der Waals surface area contributed by atoms with Crippen molar-refractivity contribution < 1.29 is 23.9 Å². The number of carbonyl (C=O) groups excluding carboxylic acids is 3. The van der Waals surface area contributed by atoms with Crippen molar-refractivity contribution in [2.75, 3.05) is 39.3 Å². The standard InChI is InChI=1S/C16H29N3O5/c1-5-6-11-23-15(22)19-9-7-18(8-10-19)13(20)12-17-14(21)24-16(2,3)4/h5-12H2,1-4H3,(H,17,21). The third-order valence-electron chi connectivity index (χ3n) is 3.40. The van der Waals surface area contributed by atoms with Crippen molar-refractivity contribution in [2.45, 2.75) is 46.1 Å². The molecule has 1 aliphatic rings. The van der Waals surface area contributed by atoms with Gasteiger partial charge in [-0.25, -0.2) is 9.59 Å². The van der Waals surface area contributed by atoms with Crippen LogP contribution >= 0.6 is 0 Å². The molecule has 0 atom stereocenters. The maximum absolute atomic E-state index is 12.1. The number of nitrogens with zero attached hydrogens (tertiary/aromatic N) is 2. The highest BCUT2D eigenvalue weighted by atomic mass is 16.6. The van der Waals surface area contributed by atoms with Crippen LogP contribution in [0.2, 0.25) is 0 Å². The van der Waals surface area contributed by atoms with Gasteiger partial charge in [0.1, 0.15) is 12.1 Å². The third-order valence-corrected chi connectivity index (χ3v) is 3.40. The predicted octanol–water partition coefficient (Wildman–Crippen LogP) is 1.59. The van der Waals surface area contributed by atoms with E-state index in [0.29, 0.717) is 32.8 Å². The van der Waals surface area contributed by atoms with E-state index in [2.05, 4.69) is 5.32 Å². The van der Waals surface area contributed by atoms with Gasteiger partial charge < -0.3 is 24.6 Å². The molecule has 1 fully saturated rings. The molecule has 1 saturated heterocycles. The van der Waals surface area contributed by atoms with Gasteiger partial charge in [-0.15, -0.1) is 0 Å². The summed E-state index contributed by atoms with van der Waals surface area (Å²) in [5.74, 6) is -0.195. The Morgan fingerprint density at radius 1 is 1.04 bits per heavy atom. The predicted molar refractivity (Wildman–Crippen MR) is 88.6 cm³/mol. The largest absolute Gasteiger partial charge is 0.449 e. The number of hydrogen-bond acceptors (Lipinski definition) is 5. The number of alkyl carbamates (subject to hydrolysis) is 1. The molecule has 1 aliphatic heterocycles. The fraction of sp³-hybridized carbons (Fsp3) is 0.812. The Labute approximate surface area is 143 Å². The number of nitrogens with one attached hydrogen (secondary N) is 1. The van der Waals surface area contributed by atoms with E-state index in [0.717, 1.165) is 12.8 Å². The van der Waals surface area contributed by atoms with Crippen molar-refractivity contribution in [3.63, 3.8) is 0 Å². The van der Waals surface area contributed by atoms with Crippen molar-refractivity contribution in [2.24, 2.45) is 0 Å². The van der Waals surface area contributed by atoms with E-state index in [1.165, 1.54) is 0 Å². The first kappa shape index (κ1) is 20.1. The van der Waals surface area contributed by atoms with E-state index in [9.17, 15) is 14.4 Å². The van der Waals surface area contributed by atoms with Crippen LogP contribution in [0.1, 0.15) is 40.5 Å². The summed E-state index contributed by atoms with van der Waals surface area (Å²) in [7, 11) is 0. The normalized spacial score (nSPS) is 15.0. The zero-order valence-corrected chi connectivity index (χ0v) is 15.1. The first-order chi connectivity index (χ1) is 11.2. The number of unbranched alkanes of at least 4 members (excludes halogenated alkanes) is 1. The molecule has 0 radical (unpaired) electrons. The molecule has 0 bridgehead atoms. The van der Waals surface area contributed by atoms with Gasteiger partial charge in [0.2, 0.25) is 5.91 Å². The molecule has 138 valence electrons. The van der Waals surface area contributed by atoms with Crippen LogP contribution < -0.4 is 5.32 Å². The molecule has 1 heterocycles. The summed E-state index contributed by atoms with van der Waals surface area (Å²) >= 11 is 0. The van der Waals surface area contributed by atoms with Gasteiger partial charge >= 0.3 is 12.2 Å². The van der Waals surface area contributed by atoms with Crippen LogP contribution in [-0.4, -0.2) is 72.8 Å². The summed E-state index contributed by atoms with van der Waals surface area (Å²) in [4.78, 5) is 38.7. The second-order valence-corrected chi connectivity index (χ2v) is 6.69. The van der Waals surface area contributed by atoms with Crippen LogP contribution in [0.4, 0.5) is 9.59 Å². The lowest BCUT2D eigenvalue weighted by atomic mass is 10.2. The van der Waals surface area contributed by atoms with Gasteiger partial charge in [-0.3, -0.25) is 4.79 Å². The topological polar surface area (TPSA) is 88.2 Å². The van der Waals surface area contributed by atoms with Crippen LogP contribution in [0.25, 0.3) is 0 Å². The first-order valence-electron chi connectivity index (χ1n) is 8.39. The quantitative estimate of drug-likeness (QED) is 0.766. The number of ether oxygens (including phenoxy) is 2. The minimum absolute atomic E-state index is 0.115. The van der Waals surface area contributed by atoms with Gasteiger partial charge in [0.25, 0.3) is 0 Å². The molecule has 3 amide bonds. The van der Waals surface area contributed by atoms with E-state index >= 15 is 0 Å². The Morgan fingerprint density at radius 3 is 2.17 bits per heavy atom. The molecule has 0 saturated carbocycles. The molecule has 24 heavy (non-hydrogen) atoms. The molecule has 0 aromatic carbocycles. The lowest BCUT2D eigenvalue weighted by Crippen LogP contribution is -2.52. The molecule has 1 N–H and O–H groups in total. The molecule has 0 aromatic rings. The van der Waals surface area contributed by atoms with Crippen LogP contribution in [-0.2, 0) is 14.3 Å². The Morgan fingerprint density at radius 2 is 1.62 bits per heavy atom. The average molecular weight is 343 g/mol. The lowest BCUT2D eigenvalue weighted by Gasteiger charge is -2.34. The number of hydrogen-bond donors (Lipinski definition) is 1. The number of rotatable bonds is 5. The Kier molecular flexibility index (Phi) is 7.81. The Balaban J connectivity index is 2.28. The zero-order chi connectivity index (χ0) is 18.2. The summed E-state index contributed by atoms with van der Waals surface area (Å²) in [6.45, 7) is 9.34. The van der Waals surface area contributed by atoms with Crippen molar-refractivity contribution in [3.05, 3.63) is 0 Å². The SMILES string of the molecule is CCCCOC(=O)N1CCN(C(=O)CNC(=O)OC(C)(C)C)CC1. The fourth-order valence-corrected chi connectivity index (χ4v) is 2.11. The highest BCUT2D eigenvalue weighted by Crippen LogP contribution is 2.07. The van der Waals surface area contributed by atoms with Crippen molar-refractivity contribution in [1.82, 2.24) is 15.1 Å². The maximum Gasteiger partial charge on any atom is 0.409 e. The van der Waals surface area contributed by atoms with Gasteiger partial charge in [0.15, 0.2) is 0 Å². The van der Waals surface area contributed by atoms with E-state index < -0.39 is 11.7 Å². The molecule has 0 unspecified atom stereocenters. The van der Waals surface area contributed by atoms with Crippen molar-refractivity contribution in [1.29, 1.82) is 0 Å². The summed E-state index contributed by atoms with van der Waals surface area (Å²) in [6, 6.07) is 0. The summed E-state index contributed by atoms with van der Waals surface area (Å²) < 4.78 is 10.2. The van der Waals surface area contributed by atoms with Gasteiger partial charge in [-0.1, -0.05) is 13.3 Å². The molecule has 0 aliphatic carbocycles. The monoisotopic (exact) mass is 343 g/mol. The summed E-state index contributed by atoms with van der Waals surface area (Å²) in [5.41, 5.74) is -0.600. The number of carbonyl (C=O) groups is 3. The molecule has 8 heteroatoms. The van der Waals surface area contributed by atoms with Crippen molar-refractivity contribution >= 4 is 18.1 Å². The Hall–Kier alpha value is -1.99. The molecular weight excluding hydrogens is 314 g/mol. The summed E-state index contributed by atoms with van der Waals surface area (Å²) in [5, 5.41) is 2.45. The molecule has 0 spiro atoms. The van der Waals surface area contributed by atoms with E-state index in [1.807, 2.05) is 6.92 Å². The molecular formula is C16H29N3O5. The number of amides is 3. The minimum Gasteiger partial charge on any atom is -0.449 e. The van der Waals surface area contributed by atoms with Crippen LogP contribution in [0, 0.1) is 0 Å². The molecule has 1 rings (SSSR count). The smallest absolute Gasteiger partial charge is 0.409 e. The van der Waals surface area contributed by atoms with E-state index in [-0.39, 0.29) is 18.5 Å². The minimum atomic E-state index is -0.617. The van der Waals surface area contributed by atoms with Gasteiger partial charge in [-0.05, 0) is 27.2 Å². The maximum atomic E-state index is 12.1. The second kappa shape index (κ2) is 9.34. The third kappa shape index (κ3) is 7.52. The molecule has 8 nitrogen and oxygen atoms in total. The lowest BCUT2D eigenvalue weighted by molar-refractivity contribution is -0.131. The number of piperazine rings is 1. The van der Waals surface area contributed by atoms with Gasteiger partial charge in [0, 0.05) is 26.2 Å². The first-order valence-corrected chi connectivity index (χ1v) is 8.39.